The van der Waals surface area contributed by atoms with Gasteiger partial charge in [0.2, 0.25) is 0 Å². The summed E-state index contributed by atoms with van der Waals surface area (Å²) in [6, 6.07) is 22.9. The monoisotopic (exact) mass is 446 g/mol. The van der Waals surface area contributed by atoms with Crippen LogP contribution in [0.1, 0.15) is 0 Å². The zero-order chi connectivity index (χ0) is 23.4. The average Bonchev–Trinajstić information content (AvgIpc) is 3.40. The van der Waals surface area contributed by atoms with Crippen molar-refractivity contribution in [1.29, 1.82) is 0 Å². The molecule has 34 heavy (non-hydrogen) atoms. The molecule has 0 fully saturated rings. The Hall–Kier alpha value is -4.58. The topological polar surface area (TPSA) is 78.4 Å². The van der Waals surface area contributed by atoms with Crippen molar-refractivity contribution >= 4 is 21.5 Å². The standard InChI is InChI=1S/C28H18N2O4/c1-33-21-9-7-15-11-19(5-3-17(15)13-21)25-23-24(28(32)29-25)26(30-27(23)31)20-6-4-18-14-22(34-2)10-8-16(18)12-20/h3-14H,1-2H3. The van der Waals surface area contributed by atoms with Crippen molar-refractivity contribution < 1.29 is 9.47 Å². The lowest BCUT2D eigenvalue weighted by atomic mass is 10.0. The molecule has 0 aliphatic carbocycles. The molecule has 2 aliphatic rings. The first kappa shape index (κ1) is 20.1. The minimum atomic E-state index is -0.445. The second kappa shape index (κ2) is 7.49. The molecule has 0 aromatic heterocycles. The molecular formula is C28H18N2O4. The van der Waals surface area contributed by atoms with Crippen molar-refractivity contribution in [3.8, 4) is 34.0 Å². The number of ether oxygens (including phenoxy) is 2. The Morgan fingerprint density at radius 3 is 1.32 bits per heavy atom. The number of hydrogen-bond donors (Lipinski definition) is 0. The Balaban J connectivity index is 1.54. The first-order chi connectivity index (χ1) is 16.6. The largest absolute Gasteiger partial charge is 0.497 e. The van der Waals surface area contributed by atoms with Crippen LogP contribution in [-0.2, 0) is 0 Å². The van der Waals surface area contributed by atoms with E-state index in [1.807, 2.05) is 72.8 Å². The highest BCUT2D eigenvalue weighted by Gasteiger charge is 2.20. The van der Waals surface area contributed by atoms with Crippen LogP contribution in [0.4, 0.5) is 0 Å². The highest BCUT2D eigenvalue weighted by atomic mass is 16.5. The molecule has 2 aliphatic heterocycles. The summed E-state index contributed by atoms with van der Waals surface area (Å²) in [7, 11) is 3.25. The molecule has 0 radical (unpaired) electrons. The third kappa shape index (κ3) is 3.03. The summed E-state index contributed by atoms with van der Waals surface area (Å²) in [6.07, 6.45) is 0. The van der Waals surface area contributed by atoms with Crippen molar-refractivity contribution in [2.24, 2.45) is 0 Å². The Bertz CT molecular complexity index is 1750. The van der Waals surface area contributed by atoms with Crippen LogP contribution in [0.5, 0.6) is 11.5 Å². The minimum Gasteiger partial charge on any atom is -0.497 e. The number of methoxy groups -OCH3 is 2. The van der Waals surface area contributed by atoms with Crippen molar-refractivity contribution in [1.82, 2.24) is 9.97 Å². The summed E-state index contributed by atoms with van der Waals surface area (Å²) < 4.78 is 10.6. The quantitative estimate of drug-likeness (QED) is 0.398. The van der Waals surface area contributed by atoms with Crippen LogP contribution in [0, 0.1) is 10.4 Å². The zero-order valence-electron chi connectivity index (χ0n) is 18.5. The van der Waals surface area contributed by atoms with Crippen LogP contribution in [0.15, 0.2) is 82.4 Å². The smallest absolute Gasteiger partial charge is 0.280 e. The Morgan fingerprint density at radius 2 is 0.912 bits per heavy atom. The number of fused-ring (bicyclic) bond motifs is 2. The first-order valence-electron chi connectivity index (χ1n) is 10.7. The fourth-order valence-electron chi connectivity index (χ4n) is 4.49. The molecule has 0 bridgehead atoms. The van der Waals surface area contributed by atoms with E-state index in [-0.39, 0.29) is 10.4 Å². The van der Waals surface area contributed by atoms with Gasteiger partial charge in [-0.05, 0) is 57.9 Å². The van der Waals surface area contributed by atoms with Gasteiger partial charge in [0.25, 0.3) is 11.1 Å². The summed E-state index contributed by atoms with van der Waals surface area (Å²) in [6.45, 7) is 0. The number of rotatable bonds is 4. The van der Waals surface area contributed by atoms with Gasteiger partial charge in [-0.2, -0.15) is 0 Å². The first-order valence-corrected chi connectivity index (χ1v) is 10.7. The van der Waals surface area contributed by atoms with E-state index in [0.29, 0.717) is 22.5 Å². The molecule has 0 N–H and O–H groups in total. The van der Waals surface area contributed by atoms with Crippen LogP contribution in [0.2, 0.25) is 0 Å². The van der Waals surface area contributed by atoms with Gasteiger partial charge >= 0.3 is 0 Å². The Morgan fingerprint density at radius 1 is 0.529 bits per heavy atom. The van der Waals surface area contributed by atoms with Gasteiger partial charge in [0.1, 0.15) is 11.5 Å². The highest BCUT2D eigenvalue weighted by molar-refractivity contribution is 5.89. The number of nitrogens with zero attached hydrogens (tertiary/aromatic N) is 2. The molecule has 6 nitrogen and oxygen atoms in total. The zero-order valence-corrected chi connectivity index (χ0v) is 18.5. The summed E-state index contributed by atoms with van der Waals surface area (Å²) in [5, 5.41) is 4.43. The van der Waals surface area contributed by atoms with Gasteiger partial charge in [-0.25, -0.2) is 9.97 Å². The lowest BCUT2D eigenvalue weighted by molar-refractivity contribution is 0.415. The van der Waals surface area contributed by atoms with Crippen LogP contribution in [-0.4, -0.2) is 24.2 Å². The summed E-state index contributed by atoms with van der Waals surface area (Å²) in [4.78, 5) is 34.4. The van der Waals surface area contributed by atoms with Crippen molar-refractivity contribution in [2.75, 3.05) is 14.2 Å². The summed E-state index contributed by atoms with van der Waals surface area (Å²) in [5.74, 6) is 1.52. The van der Waals surface area contributed by atoms with E-state index in [2.05, 4.69) is 9.97 Å². The molecule has 0 saturated carbocycles. The third-order valence-electron chi connectivity index (χ3n) is 6.22. The van der Waals surface area contributed by atoms with Gasteiger partial charge in [0.15, 0.2) is 0 Å². The van der Waals surface area contributed by atoms with Gasteiger partial charge in [0.05, 0.1) is 36.0 Å². The lowest BCUT2D eigenvalue weighted by Gasteiger charge is -2.04. The maximum atomic E-state index is 13.0. The summed E-state index contributed by atoms with van der Waals surface area (Å²) in [5.41, 5.74) is 1.25. The van der Waals surface area contributed by atoms with Crippen LogP contribution in [0.25, 0.3) is 44.1 Å². The molecule has 0 amide bonds. The van der Waals surface area contributed by atoms with Gasteiger partial charge in [0, 0.05) is 11.1 Å². The SMILES string of the molecule is COc1ccc2cc(-c3nc(=O)c4c(-c5ccc6cc(OC)ccc6c5)nc(=O)c3=4)ccc2c1. The second-order valence-corrected chi connectivity index (χ2v) is 8.14. The average molecular weight is 446 g/mol. The van der Waals surface area contributed by atoms with Crippen LogP contribution in [0.3, 0.4) is 0 Å². The number of hydrogen-bond acceptors (Lipinski definition) is 6. The number of benzene rings is 4. The molecule has 4 aromatic carbocycles. The van der Waals surface area contributed by atoms with E-state index in [0.717, 1.165) is 33.0 Å². The molecule has 0 unspecified atom stereocenters. The van der Waals surface area contributed by atoms with E-state index >= 15 is 0 Å². The van der Waals surface area contributed by atoms with Gasteiger partial charge in [-0.15, -0.1) is 0 Å². The molecular weight excluding hydrogens is 428 g/mol. The van der Waals surface area contributed by atoms with Crippen molar-refractivity contribution in [3.05, 3.63) is 104 Å². The van der Waals surface area contributed by atoms with Crippen LogP contribution >= 0.6 is 0 Å². The van der Waals surface area contributed by atoms with Gasteiger partial charge < -0.3 is 9.47 Å². The van der Waals surface area contributed by atoms with Crippen molar-refractivity contribution in [3.63, 3.8) is 0 Å². The number of aromatic nitrogens is 2. The normalized spacial score (nSPS) is 11.5. The van der Waals surface area contributed by atoms with Gasteiger partial charge in [-0.1, -0.05) is 36.4 Å². The molecule has 0 saturated heterocycles. The van der Waals surface area contributed by atoms with E-state index < -0.39 is 11.1 Å². The molecule has 2 heterocycles. The predicted molar refractivity (Wildman–Crippen MR) is 131 cm³/mol. The third-order valence-corrected chi connectivity index (χ3v) is 6.22. The molecule has 4 aromatic rings. The second-order valence-electron chi connectivity index (χ2n) is 8.14. The van der Waals surface area contributed by atoms with Gasteiger partial charge in [-0.3, -0.25) is 9.59 Å². The predicted octanol–water partition coefficient (Wildman–Crippen LogP) is 4.45. The molecule has 0 atom stereocenters. The Kier molecular flexibility index (Phi) is 4.42. The molecule has 6 rings (SSSR count). The molecule has 0 spiro atoms. The lowest BCUT2D eigenvalue weighted by Crippen LogP contribution is -2.04. The minimum absolute atomic E-state index is 0.266. The Labute approximate surface area is 193 Å². The van der Waals surface area contributed by atoms with E-state index in [1.54, 1.807) is 14.2 Å². The fraction of sp³-hybridized carbons (Fsp3) is 0.0714. The fourth-order valence-corrected chi connectivity index (χ4v) is 4.49. The highest BCUT2D eigenvalue weighted by Crippen LogP contribution is 2.29. The van der Waals surface area contributed by atoms with Crippen molar-refractivity contribution in [2.45, 2.75) is 0 Å². The van der Waals surface area contributed by atoms with E-state index in [1.165, 1.54) is 0 Å². The van der Waals surface area contributed by atoms with E-state index in [9.17, 15) is 9.59 Å². The summed E-state index contributed by atoms with van der Waals surface area (Å²) >= 11 is 0. The maximum Gasteiger partial charge on any atom is 0.280 e. The van der Waals surface area contributed by atoms with E-state index in [4.69, 9.17) is 9.47 Å². The molecule has 6 heteroatoms. The maximum absolute atomic E-state index is 13.0. The van der Waals surface area contributed by atoms with Crippen LogP contribution < -0.4 is 20.6 Å². The molecule has 164 valence electrons.